The molecule has 1 fully saturated rings. The van der Waals surface area contributed by atoms with Crippen molar-refractivity contribution in [2.45, 2.75) is 25.8 Å². The molecule has 1 heterocycles. The summed E-state index contributed by atoms with van der Waals surface area (Å²) in [6, 6.07) is 8.06. The summed E-state index contributed by atoms with van der Waals surface area (Å²) in [5, 5.41) is 3.30. The van der Waals surface area contributed by atoms with E-state index in [4.69, 9.17) is 4.74 Å². The number of carbonyl (C=O) groups excluding carboxylic acids is 1. The van der Waals surface area contributed by atoms with Gasteiger partial charge in [0.2, 0.25) is 0 Å². The van der Waals surface area contributed by atoms with Crippen LogP contribution in [0.1, 0.15) is 29.3 Å². The first-order chi connectivity index (χ1) is 8.29. The average molecular weight is 233 g/mol. The third-order valence-corrected chi connectivity index (χ3v) is 3.11. The minimum Gasteiger partial charge on any atom is -0.378 e. The van der Waals surface area contributed by atoms with Crippen LogP contribution in [-0.2, 0) is 11.2 Å². The van der Waals surface area contributed by atoms with E-state index >= 15 is 0 Å². The van der Waals surface area contributed by atoms with Crippen molar-refractivity contribution in [2.75, 3.05) is 19.8 Å². The van der Waals surface area contributed by atoms with Crippen molar-refractivity contribution in [1.82, 2.24) is 5.32 Å². The van der Waals surface area contributed by atoms with Crippen LogP contribution in [0, 0.1) is 0 Å². The predicted octanol–water partition coefficient (Wildman–Crippen LogP) is 1.81. The van der Waals surface area contributed by atoms with Gasteiger partial charge in [-0.2, -0.15) is 0 Å². The fourth-order valence-corrected chi connectivity index (χ4v) is 2.02. The van der Waals surface area contributed by atoms with Crippen LogP contribution in [0.25, 0.3) is 0 Å². The lowest BCUT2D eigenvalue weighted by molar-refractivity contribution is 0.0676. The smallest absolute Gasteiger partial charge is 0.164 e. The molecule has 1 aliphatic heterocycles. The van der Waals surface area contributed by atoms with Crippen molar-refractivity contribution < 1.29 is 9.53 Å². The van der Waals surface area contributed by atoms with Gasteiger partial charge in [-0.15, -0.1) is 0 Å². The van der Waals surface area contributed by atoms with Crippen LogP contribution in [0.3, 0.4) is 0 Å². The Bertz CT molecular complexity index is 366. The topological polar surface area (TPSA) is 38.3 Å². The van der Waals surface area contributed by atoms with Gasteiger partial charge in [0.05, 0.1) is 13.2 Å². The van der Waals surface area contributed by atoms with Crippen molar-refractivity contribution in [2.24, 2.45) is 0 Å². The highest BCUT2D eigenvalue weighted by molar-refractivity contribution is 5.96. The van der Waals surface area contributed by atoms with Crippen LogP contribution in [0.2, 0.25) is 0 Å². The molecule has 1 aromatic rings. The zero-order chi connectivity index (χ0) is 12.1. The highest BCUT2D eigenvalue weighted by Gasteiger charge is 2.17. The Morgan fingerprint density at radius 3 is 2.76 bits per heavy atom. The van der Waals surface area contributed by atoms with Gasteiger partial charge in [-0.25, -0.2) is 0 Å². The molecule has 0 amide bonds. The first-order valence-corrected chi connectivity index (χ1v) is 6.23. The van der Waals surface area contributed by atoms with Gasteiger partial charge in [-0.3, -0.25) is 4.79 Å². The van der Waals surface area contributed by atoms with Gasteiger partial charge in [0, 0.05) is 24.6 Å². The lowest BCUT2D eigenvalue weighted by atomic mass is 10.0. The Labute approximate surface area is 102 Å². The maximum Gasteiger partial charge on any atom is 0.164 e. The van der Waals surface area contributed by atoms with E-state index in [-0.39, 0.29) is 11.8 Å². The number of hydrogen-bond donors (Lipinski definition) is 1. The van der Waals surface area contributed by atoms with Crippen molar-refractivity contribution in [3.8, 4) is 0 Å². The van der Waals surface area contributed by atoms with Gasteiger partial charge >= 0.3 is 0 Å². The van der Waals surface area contributed by atoms with E-state index in [2.05, 4.69) is 12.2 Å². The number of ketones is 1. The first kappa shape index (κ1) is 12.3. The van der Waals surface area contributed by atoms with Crippen molar-refractivity contribution >= 4 is 5.78 Å². The van der Waals surface area contributed by atoms with Gasteiger partial charge in [0.1, 0.15) is 0 Å². The molecule has 1 atom stereocenters. The lowest BCUT2D eigenvalue weighted by Gasteiger charge is -2.23. The zero-order valence-corrected chi connectivity index (χ0v) is 10.2. The molecule has 1 N–H and O–H groups in total. The Balaban J connectivity index is 1.93. The van der Waals surface area contributed by atoms with E-state index in [1.54, 1.807) is 0 Å². The van der Waals surface area contributed by atoms with Crippen LogP contribution >= 0.6 is 0 Å². The second-order valence-corrected chi connectivity index (χ2v) is 4.40. The molecule has 2 rings (SSSR count). The third kappa shape index (κ3) is 3.38. The third-order valence-electron chi connectivity index (χ3n) is 3.11. The fraction of sp³-hybridized carbons (Fsp3) is 0.500. The molecule has 17 heavy (non-hydrogen) atoms. The zero-order valence-electron chi connectivity index (χ0n) is 10.2. The highest BCUT2D eigenvalue weighted by Crippen LogP contribution is 2.10. The molecule has 0 aromatic heterocycles. The van der Waals surface area contributed by atoms with Gasteiger partial charge < -0.3 is 10.1 Å². The van der Waals surface area contributed by atoms with Crippen molar-refractivity contribution in [1.29, 1.82) is 0 Å². The minimum absolute atomic E-state index is 0.169. The summed E-state index contributed by atoms with van der Waals surface area (Å²) in [6.07, 6.45) is 1.53. The van der Waals surface area contributed by atoms with E-state index in [0.717, 1.165) is 25.1 Å². The Hall–Kier alpha value is -1.19. The normalized spacial score (nSPS) is 20.2. The maximum atomic E-state index is 12.0. The van der Waals surface area contributed by atoms with Crippen LogP contribution in [0.4, 0.5) is 0 Å². The number of benzene rings is 1. The van der Waals surface area contributed by atoms with Gasteiger partial charge in [-0.05, 0) is 12.0 Å². The molecule has 92 valence electrons. The number of Topliss-reactive ketones (excluding diaryl/α,β-unsaturated/α-hetero) is 1. The molecule has 1 unspecified atom stereocenters. The van der Waals surface area contributed by atoms with Gasteiger partial charge in [0.25, 0.3) is 0 Å². The minimum atomic E-state index is 0.169. The molecule has 0 aliphatic carbocycles. The second kappa shape index (κ2) is 5.94. The number of morpholine rings is 1. The van der Waals surface area contributed by atoms with Gasteiger partial charge in [-0.1, -0.05) is 31.2 Å². The van der Waals surface area contributed by atoms with E-state index in [1.807, 2.05) is 24.3 Å². The SMILES string of the molecule is CCc1ccc(C(=O)CC2COCCN2)cc1. The second-order valence-electron chi connectivity index (χ2n) is 4.40. The van der Waals surface area contributed by atoms with Crippen molar-refractivity contribution in [3.05, 3.63) is 35.4 Å². The standard InChI is InChI=1S/C14H19NO2/c1-2-11-3-5-12(6-4-11)14(16)9-13-10-17-8-7-15-13/h3-6,13,15H,2,7-10H2,1H3. The summed E-state index contributed by atoms with van der Waals surface area (Å²) in [5.41, 5.74) is 2.07. The molecule has 3 nitrogen and oxygen atoms in total. The first-order valence-electron chi connectivity index (χ1n) is 6.23. The van der Waals surface area contributed by atoms with Crippen LogP contribution < -0.4 is 5.32 Å². The Morgan fingerprint density at radius 2 is 2.18 bits per heavy atom. The molecule has 0 bridgehead atoms. The molecule has 0 spiro atoms. The number of aryl methyl sites for hydroxylation is 1. The Kier molecular flexibility index (Phi) is 4.29. The molecule has 1 aliphatic rings. The van der Waals surface area contributed by atoms with E-state index in [1.165, 1.54) is 5.56 Å². The largest absolute Gasteiger partial charge is 0.378 e. The van der Waals surface area contributed by atoms with E-state index in [0.29, 0.717) is 13.0 Å². The predicted molar refractivity (Wildman–Crippen MR) is 67.4 cm³/mol. The summed E-state index contributed by atoms with van der Waals surface area (Å²) in [7, 11) is 0. The number of carbonyl (C=O) groups is 1. The average Bonchev–Trinajstić information content (AvgIpc) is 2.40. The molecule has 3 heteroatoms. The highest BCUT2D eigenvalue weighted by atomic mass is 16.5. The van der Waals surface area contributed by atoms with Crippen LogP contribution in [0.5, 0.6) is 0 Å². The molecule has 1 saturated heterocycles. The van der Waals surface area contributed by atoms with Crippen molar-refractivity contribution in [3.63, 3.8) is 0 Å². The molecule has 0 radical (unpaired) electrons. The quantitative estimate of drug-likeness (QED) is 0.806. The summed E-state index contributed by atoms with van der Waals surface area (Å²) in [6.45, 7) is 4.33. The number of hydrogen-bond acceptors (Lipinski definition) is 3. The Morgan fingerprint density at radius 1 is 1.41 bits per heavy atom. The molecular formula is C14H19NO2. The monoisotopic (exact) mass is 233 g/mol. The van der Waals surface area contributed by atoms with E-state index < -0.39 is 0 Å². The van der Waals surface area contributed by atoms with E-state index in [9.17, 15) is 4.79 Å². The van der Waals surface area contributed by atoms with Crippen LogP contribution in [0.15, 0.2) is 24.3 Å². The lowest BCUT2D eigenvalue weighted by Crippen LogP contribution is -2.42. The fourth-order valence-electron chi connectivity index (χ4n) is 2.02. The number of rotatable bonds is 4. The maximum absolute atomic E-state index is 12.0. The molecule has 1 aromatic carbocycles. The number of ether oxygens (including phenoxy) is 1. The van der Waals surface area contributed by atoms with Gasteiger partial charge in [0.15, 0.2) is 5.78 Å². The van der Waals surface area contributed by atoms with Crippen LogP contribution in [-0.4, -0.2) is 31.6 Å². The summed E-state index contributed by atoms with van der Waals surface area (Å²) < 4.78 is 5.34. The summed E-state index contributed by atoms with van der Waals surface area (Å²) in [4.78, 5) is 12.0. The molecular weight excluding hydrogens is 214 g/mol. The summed E-state index contributed by atoms with van der Waals surface area (Å²) >= 11 is 0. The molecule has 0 saturated carbocycles. The summed E-state index contributed by atoms with van der Waals surface area (Å²) in [5.74, 6) is 0.190. The number of nitrogens with one attached hydrogen (secondary N) is 1.